The lowest BCUT2D eigenvalue weighted by Crippen LogP contribution is -2.43. The van der Waals surface area contributed by atoms with Gasteiger partial charge in [-0.15, -0.1) is 11.3 Å². The summed E-state index contributed by atoms with van der Waals surface area (Å²) in [6.07, 6.45) is 0.174. The summed E-state index contributed by atoms with van der Waals surface area (Å²) in [6.45, 7) is 10.7. The lowest BCUT2D eigenvalue weighted by atomic mass is 10.0. The van der Waals surface area contributed by atoms with E-state index in [4.69, 9.17) is 4.43 Å². The first-order valence-corrected chi connectivity index (χ1v) is 14.7. The van der Waals surface area contributed by atoms with Crippen LogP contribution in [-0.4, -0.2) is 28.0 Å². The predicted molar refractivity (Wildman–Crippen MR) is 119 cm³/mol. The van der Waals surface area contributed by atoms with Crippen LogP contribution in [-0.2, 0) is 9.84 Å². The second kappa shape index (κ2) is 7.60. The fraction of sp³-hybridized carbons (Fsp3) is 0.381. The molecule has 0 amide bonds. The lowest BCUT2D eigenvalue weighted by Gasteiger charge is -2.36. The fourth-order valence-electron chi connectivity index (χ4n) is 2.78. The Balaban J connectivity index is 1.91. The Morgan fingerprint density at radius 2 is 1.65 bits per heavy atom. The number of alkyl halides is 3. The zero-order chi connectivity index (χ0) is 23.4. The maximum absolute atomic E-state index is 12.9. The van der Waals surface area contributed by atoms with Crippen LogP contribution in [0.5, 0.6) is 5.75 Å². The lowest BCUT2D eigenvalue weighted by molar-refractivity contribution is -0.0426. The van der Waals surface area contributed by atoms with Gasteiger partial charge in [-0.2, -0.15) is 13.2 Å². The Hall–Kier alpha value is -1.91. The van der Waals surface area contributed by atoms with Crippen LogP contribution in [0.3, 0.4) is 0 Å². The molecule has 2 aromatic rings. The minimum absolute atomic E-state index is 0.0413. The van der Waals surface area contributed by atoms with Gasteiger partial charge in [-0.25, -0.2) is 8.42 Å². The second-order valence-corrected chi connectivity index (χ2v) is 16.7. The number of Topliss-reactive ketones (excluding diaryl/α,β-unsaturated/α-hetero) is 1. The van der Waals surface area contributed by atoms with Crippen LogP contribution in [0.25, 0.3) is 16.5 Å². The molecular weight excluding hydrogens is 465 g/mol. The van der Waals surface area contributed by atoms with Gasteiger partial charge in [0.05, 0.1) is 4.91 Å². The van der Waals surface area contributed by atoms with Crippen molar-refractivity contribution in [2.24, 2.45) is 0 Å². The SMILES string of the molecule is CC(C)(C)[Si](C)(C)Oc1ccc(-c2cc3c(s2)C=C(S(=O)(=O)C(F)(F)F)CC3=O)cc1. The van der Waals surface area contributed by atoms with Gasteiger partial charge >= 0.3 is 5.51 Å². The van der Waals surface area contributed by atoms with Crippen molar-refractivity contribution in [2.75, 3.05) is 0 Å². The molecule has 1 aromatic carbocycles. The van der Waals surface area contributed by atoms with Gasteiger partial charge in [0.15, 0.2) is 5.78 Å². The second-order valence-electron chi connectivity index (χ2n) is 8.94. The fourth-order valence-corrected chi connectivity index (χ4v) is 5.93. The highest BCUT2D eigenvalue weighted by Crippen LogP contribution is 2.42. The van der Waals surface area contributed by atoms with E-state index in [0.29, 0.717) is 4.88 Å². The van der Waals surface area contributed by atoms with Crippen molar-refractivity contribution in [2.45, 2.75) is 50.8 Å². The molecule has 0 radical (unpaired) electrons. The summed E-state index contributed by atoms with van der Waals surface area (Å²) in [5, 5.41) is 0.0413. The first-order chi connectivity index (χ1) is 14.0. The highest BCUT2D eigenvalue weighted by atomic mass is 32.2. The van der Waals surface area contributed by atoms with Gasteiger partial charge in [0, 0.05) is 21.7 Å². The van der Waals surface area contributed by atoms with E-state index in [1.165, 1.54) is 0 Å². The van der Waals surface area contributed by atoms with Crippen LogP contribution in [0, 0.1) is 0 Å². The number of fused-ring (bicyclic) bond motifs is 1. The zero-order valence-corrected chi connectivity index (χ0v) is 20.4. The van der Waals surface area contributed by atoms with Crippen LogP contribution in [0.1, 0.15) is 42.4 Å². The van der Waals surface area contributed by atoms with Gasteiger partial charge in [-0.1, -0.05) is 20.8 Å². The van der Waals surface area contributed by atoms with Crippen LogP contribution < -0.4 is 4.43 Å². The average molecular weight is 489 g/mol. The molecule has 1 aliphatic carbocycles. The zero-order valence-electron chi connectivity index (χ0n) is 17.8. The van der Waals surface area contributed by atoms with Crippen LogP contribution in [0.4, 0.5) is 13.2 Å². The smallest absolute Gasteiger partial charge is 0.501 e. The van der Waals surface area contributed by atoms with E-state index in [-0.39, 0.29) is 15.5 Å². The number of benzene rings is 1. The first-order valence-electron chi connectivity index (χ1n) is 9.51. The number of hydrogen-bond acceptors (Lipinski definition) is 5. The molecule has 168 valence electrons. The van der Waals surface area contributed by atoms with Crippen LogP contribution >= 0.6 is 11.3 Å². The predicted octanol–water partition coefficient (Wildman–Crippen LogP) is 6.66. The Bertz CT molecular complexity index is 1150. The van der Waals surface area contributed by atoms with Gasteiger partial charge < -0.3 is 4.43 Å². The van der Waals surface area contributed by atoms with Gasteiger partial charge in [0.2, 0.25) is 8.32 Å². The van der Waals surface area contributed by atoms with Gasteiger partial charge in [0.25, 0.3) is 9.84 Å². The Morgan fingerprint density at radius 1 is 1.06 bits per heavy atom. The summed E-state index contributed by atoms with van der Waals surface area (Å²) in [7, 11) is -7.53. The molecule has 0 aliphatic heterocycles. The third kappa shape index (κ3) is 4.51. The molecule has 0 N–H and O–H groups in total. The number of allylic oxidation sites excluding steroid dienone is 1. The Labute approximate surface area is 184 Å². The van der Waals surface area contributed by atoms with Crippen molar-refractivity contribution in [1.29, 1.82) is 0 Å². The van der Waals surface area contributed by atoms with Crippen LogP contribution in [0.2, 0.25) is 18.1 Å². The van der Waals surface area contributed by atoms with Crippen molar-refractivity contribution >= 4 is 41.4 Å². The van der Waals surface area contributed by atoms with E-state index in [0.717, 1.165) is 28.7 Å². The molecule has 0 atom stereocenters. The molecule has 0 spiro atoms. The summed E-state index contributed by atoms with van der Waals surface area (Å²) in [5.74, 6) is 0.0897. The number of carbonyl (C=O) groups is 1. The number of carbonyl (C=O) groups excluding carboxylic acids is 1. The molecule has 3 rings (SSSR count). The number of rotatable bonds is 4. The van der Waals surface area contributed by atoms with E-state index in [1.54, 1.807) is 6.07 Å². The molecule has 0 bridgehead atoms. The third-order valence-electron chi connectivity index (χ3n) is 5.66. The maximum atomic E-state index is 12.9. The highest BCUT2D eigenvalue weighted by Gasteiger charge is 2.49. The normalized spacial score (nSPS) is 15.5. The van der Waals surface area contributed by atoms with E-state index in [9.17, 15) is 26.4 Å². The van der Waals surface area contributed by atoms with Crippen molar-refractivity contribution in [1.82, 2.24) is 0 Å². The molecule has 1 heterocycles. The van der Waals surface area contributed by atoms with E-state index < -0.39 is 40.8 Å². The summed E-state index contributed by atoms with van der Waals surface area (Å²) >= 11 is 1.08. The first kappa shape index (κ1) is 23.7. The van der Waals surface area contributed by atoms with Crippen molar-refractivity contribution in [3.05, 3.63) is 45.7 Å². The van der Waals surface area contributed by atoms with Crippen LogP contribution in [0.15, 0.2) is 35.2 Å². The quantitative estimate of drug-likeness (QED) is 0.452. The maximum Gasteiger partial charge on any atom is 0.501 e. The minimum Gasteiger partial charge on any atom is -0.544 e. The number of thiophene rings is 1. The van der Waals surface area contributed by atoms with Gasteiger partial charge in [-0.05, 0) is 60.1 Å². The summed E-state index contributed by atoms with van der Waals surface area (Å²) in [6, 6.07) is 8.89. The van der Waals surface area contributed by atoms with Gasteiger partial charge in [0.1, 0.15) is 5.75 Å². The number of halogens is 3. The number of hydrogen-bond donors (Lipinski definition) is 0. The van der Waals surface area contributed by atoms with E-state index >= 15 is 0 Å². The summed E-state index contributed by atoms with van der Waals surface area (Å²) in [5.41, 5.74) is -4.43. The van der Waals surface area contributed by atoms with Crippen molar-refractivity contribution in [3.8, 4) is 16.2 Å². The van der Waals surface area contributed by atoms with E-state index in [1.807, 2.05) is 24.3 Å². The molecule has 0 fully saturated rings. The van der Waals surface area contributed by atoms with Gasteiger partial charge in [-0.3, -0.25) is 4.79 Å². The summed E-state index contributed by atoms with van der Waals surface area (Å²) in [4.78, 5) is 12.3. The monoisotopic (exact) mass is 488 g/mol. The van der Waals surface area contributed by atoms with E-state index in [2.05, 4.69) is 33.9 Å². The third-order valence-corrected chi connectivity index (χ3v) is 12.7. The molecule has 0 saturated carbocycles. The summed E-state index contributed by atoms with van der Waals surface area (Å²) < 4.78 is 68.3. The largest absolute Gasteiger partial charge is 0.544 e. The van der Waals surface area contributed by atoms with Crippen molar-refractivity contribution in [3.63, 3.8) is 0 Å². The number of sulfone groups is 1. The molecule has 31 heavy (non-hydrogen) atoms. The molecular formula is C21H23F3O4S2Si. The standard InChI is InChI=1S/C21H23F3O4S2Si/c1-20(2,3)31(4,5)28-14-8-6-13(7-9-14)18-12-16-17(25)10-15(11-19(16)29-18)30(26,27)21(22,23)24/h6-9,11-12H,10H2,1-5H3. The molecule has 1 aromatic heterocycles. The molecule has 0 saturated heterocycles. The minimum atomic E-state index is -5.53. The highest BCUT2D eigenvalue weighted by molar-refractivity contribution is 7.96. The average Bonchev–Trinajstić information content (AvgIpc) is 3.05. The molecule has 1 aliphatic rings. The Kier molecular flexibility index (Phi) is 5.82. The molecule has 10 heteroatoms. The molecule has 0 unspecified atom stereocenters. The van der Waals surface area contributed by atoms with Crippen molar-refractivity contribution < 1.29 is 30.8 Å². The number of ketones is 1. The topological polar surface area (TPSA) is 60.4 Å². The molecule has 4 nitrogen and oxygen atoms in total. The Morgan fingerprint density at radius 3 is 2.16 bits per heavy atom.